The molecule has 0 saturated carbocycles. The van der Waals surface area contributed by atoms with Crippen LogP contribution in [0.4, 0.5) is 5.82 Å². The van der Waals surface area contributed by atoms with Crippen LogP contribution in [0.15, 0.2) is 60.8 Å². The highest BCUT2D eigenvalue weighted by Gasteiger charge is 2.20. The van der Waals surface area contributed by atoms with Crippen molar-refractivity contribution in [3.8, 4) is 17.5 Å². The molecule has 6 nitrogen and oxygen atoms in total. The van der Waals surface area contributed by atoms with Crippen LogP contribution in [0.2, 0.25) is 5.02 Å². The van der Waals surface area contributed by atoms with E-state index >= 15 is 0 Å². The lowest BCUT2D eigenvalue weighted by molar-refractivity contribution is -0.122. The van der Waals surface area contributed by atoms with Gasteiger partial charge >= 0.3 is 0 Å². The molecule has 1 heterocycles. The number of benzene rings is 2. The highest BCUT2D eigenvalue weighted by molar-refractivity contribution is 6.30. The largest absolute Gasteiger partial charge is 0.481 e. The number of rotatable bonds is 5. The first-order valence-corrected chi connectivity index (χ1v) is 8.23. The summed E-state index contributed by atoms with van der Waals surface area (Å²) in [4.78, 5) is 12.5. The number of amides is 1. The molecule has 0 bridgehead atoms. The summed E-state index contributed by atoms with van der Waals surface area (Å²) in [6, 6.07) is 18.0. The van der Waals surface area contributed by atoms with Crippen molar-refractivity contribution in [1.29, 1.82) is 5.26 Å². The molecule has 0 aliphatic heterocycles. The third-order valence-corrected chi connectivity index (χ3v) is 3.85. The Morgan fingerprint density at radius 1 is 1.27 bits per heavy atom. The second kappa shape index (κ2) is 7.72. The van der Waals surface area contributed by atoms with Crippen LogP contribution < -0.4 is 10.1 Å². The molecule has 26 heavy (non-hydrogen) atoms. The average Bonchev–Trinajstić information content (AvgIpc) is 3.05. The number of aromatic nitrogens is 2. The number of ether oxygens (including phenoxy) is 1. The maximum Gasteiger partial charge on any atom is 0.266 e. The first-order valence-electron chi connectivity index (χ1n) is 7.85. The molecular weight excluding hydrogens is 352 g/mol. The molecule has 3 rings (SSSR count). The summed E-state index contributed by atoms with van der Waals surface area (Å²) in [6.45, 7) is 1.62. The summed E-state index contributed by atoms with van der Waals surface area (Å²) >= 11 is 5.92. The van der Waals surface area contributed by atoms with Gasteiger partial charge in [0.1, 0.15) is 17.4 Å². The molecule has 1 N–H and O–H groups in total. The Morgan fingerprint density at radius 3 is 2.73 bits per heavy atom. The molecular formula is C19H15ClN4O2. The summed E-state index contributed by atoms with van der Waals surface area (Å²) in [7, 11) is 0. The number of hydrogen-bond donors (Lipinski definition) is 1. The zero-order chi connectivity index (χ0) is 18.5. The van der Waals surface area contributed by atoms with Gasteiger partial charge in [-0.1, -0.05) is 35.9 Å². The van der Waals surface area contributed by atoms with Gasteiger partial charge in [-0.3, -0.25) is 4.79 Å². The quantitative estimate of drug-likeness (QED) is 0.744. The molecule has 1 amide bonds. The van der Waals surface area contributed by atoms with E-state index in [9.17, 15) is 10.1 Å². The first kappa shape index (κ1) is 17.5. The van der Waals surface area contributed by atoms with Crippen LogP contribution >= 0.6 is 11.6 Å². The molecule has 2 aromatic carbocycles. The zero-order valence-electron chi connectivity index (χ0n) is 13.9. The molecule has 0 aliphatic carbocycles. The highest BCUT2D eigenvalue weighted by Crippen LogP contribution is 2.21. The van der Waals surface area contributed by atoms with Crippen LogP contribution in [-0.4, -0.2) is 21.8 Å². The van der Waals surface area contributed by atoms with E-state index in [4.69, 9.17) is 16.3 Å². The Balaban J connectivity index is 1.81. The van der Waals surface area contributed by atoms with E-state index in [1.54, 1.807) is 31.2 Å². The van der Waals surface area contributed by atoms with Crippen LogP contribution in [0, 0.1) is 11.3 Å². The third-order valence-electron chi connectivity index (χ3n) is 3.61. The van der Waals surface area contributed by atoms with Gasteiger partial charge in [-0.05, 0) is 37.3 Å². The van der Waals surface area contributed by atoms with Gasteiger partial charge in [-0.15, -0.1) is 0 Å². The maximum absolute atomic E-state index is 12.5. The van der Waals surface area contributed by atoms with Crippen molar-refractivity contribution < 1.29 is 9.53 Å². The van der Waals surface area contributed by atoms with Gasteiger partial charge in [-0.2, -0.15) is 10.4 Å². The van der Waals surface area contributed by atoms with E-state index in [1.807, 2.05) is 36.4 Å². The number of hydrogen-bond acceptors (Lipinski definition) is 4. The fourth-order valence-corrected chi connectivity index (χ4v) is 2.51. The van der Waals surface area contributed by atoms with Gasteiger partial charge < -0.3 is 10.1 Å². The predicted molar refractivity (Wildman–Crippen MR) is 98.5 cm³/mol. The molecule has 0 fully saturated rings. The van der Waals surface area contributed by atoms with Gasteiger partial charge in [0.25, 0.3) is 5.91 Å². The third kappa shape index (κ3) is 3.85. The van der Waals surface area contributed by atoms with E-state index in [1.165, 1.54) is 10.9 Å². The molecule has 7 heteroatoms. The Labute approximate surface area is 155 Å². The van der Waals surface area contributed by atoms with Crippen molar-refractivity contribution in [3.63, 3.8) is 0 Å². The summed E-state index contributed by atoms with van der Waals surface area (Å²) in [5, 5.41) is 16.7. The minimum atomic E-state index is -0.792. The summed E-state index contributed by atoms with van der Waals surface area (Å²) in [5.41, 5.74) is 0.991. The minimum absolute atomic E-state index is 0.261. The minimum Gasteiger partial charge on any atom is -0.481 e. The molecule has 0 aliphatic rings. The van der Waals surface area contributed by atoms with Crippen molar-refractivity contribution in [3.05, 3.63) is 71.4 Å². The summed E-state index contributed by atoms with van der Waals surface area (Å²) < 4.78 is 7.12. The van der Waals surface area contributed by atoms with Crippen LogP contribution in [0.5, 0.6) is 5.75 Å². The molecule has 130 valence electrons. The fraction of sp³-hybridized carbons (Fsp3) is 0.105. The molecule has 0 saturated heterocycles. The van der Waals surface area contributed by atoms with Crippen molar-refractivity contribution >= 4 is 23.3 Å². The zero-order valence-corrected chi connectivity index (χ0v) is 14.6. The highest BCUT2D eigenvalue weighted by atomic mass is 35.5. The fourth-order valence-electron chi connectivity index (χ4n) is 2.33. The number of anilines is 1. The van der Waals surface area contributed by atoms with Crippen molar-refractivity contribution in [2.45, 2.75) is 13.0 Å². The summed E-state index contributed by atoms with van der Waals surface area (Å²) in [6.07, 6.45) is 0.615. The molecule has 1 atom stereocenters. The smallest absolute Gasteiger partial charge is 0.266 e. The Morgan fingerprint density at radius 2 is 2.04 bits per heavy atom. The Kier molecular flexibility index (Phi) is 5.20. The van der Waals surface area contributed by atoms with Crippen molar-refractivity contribution in [1.82, 2.24) is 9.78 Å². The lowest BCUT2D eigenvalue weighted by Gasteiger charge is -2.16. The van der Waals surface area contributed by atoms with E-state index in [-0.39, 0.29) is 5.56 Å². The Hall–Kier alpha value is -3.30. The second-order valence-corrected chi connectivity index (χ2v) is 5.91. The summed E-state index contributed by atoms with van der Waals surface area (Å²) in [5.74, 6) is 0.377. The number of carbonyl (C=O) groups excluding carboxylic acids is 1. The van der Waals surface area contributed by atoms with E-state index in [0.29, 0.717) is 16.6 Å². The lowest BCUT2D eigenvalue weighted by atomic mass is 10.3. The predicted octanol–water partition coefficient (Wildman–Crippen LogP) is 3.80. The van der Waals surface area contributed by atoms with E-state index < -0.39 is 12.0 Å². The molecule has 3 aromatic rings. The van der Waals surface area contributed by atoms with Crippen molar-refractivity contribution in [2.75, 3.05) is 5.32 Å². The number of halogens is 1. The molecule has 0 spiro atoms. The average molecular weight is 367 g/mol. The van der Waals surface area contributed by atoms with Gasteiger partial charge in [0.2, 0.25) is 0 Å². The van der Waals surface area contributed by atoms with Crippen LogP contribution in [0.3, 0.4) is 0 Å². The number of carbonyl (C=O) groups is 1. The van der Waals surface area contributed by atoms with E-state index in [2.05, 4.69) is 10.4 Å². The van der Waals surface area contributed by atoms with Gasteiger partial charge in [0.15, 0.2) is 11.9 Å². The normalized spacial score (nSPS) is 11.4. The standard InChI is InChI=1S/C19H15ClN4O2/c1-13(26-17-9-5-6-15(20)10-17)19(25)23-18-14(11-21)12-22-24(18)16-7-3-2-4-8-16/h2-10,12-13H,1H3,(H,23,25). The SMILES string of the molecule is CC(Oc1cccc(Cl)c1)C(=O)Nc1c(C#N)cnn1-c1ccccc1. The lowest BCUT2D eigenvalue weighted by Crippen LogP contribution is -2.31. The van der Waals surface area contributed by atoms with Crippen LogP contribution in [-0.2, 0) is 4.79 Å². The first-order chi connectivity index (χ1) is 12.6. The van der Waals surface area contributed by atoms with Gasteiger partial charge in [0, 0.05) is 5.02 Å². The number of nitrogens with zero attached hydrogens (tertiary/aromatic N) is 3. The number of nitrogens with one attached hydrogen (secondary N) is 1. The Bertz CT molecular complexity index is 963. The van der Waals surface area contributed by atoms with Crippen LogP contribution in [0.25, 0.3) is 5.69 Å². The van der Waals surface area contributed by atoms with Gasteiger partial charge in [-0.25, -0.2) is 4.68 Å². The number of nitriles is 1. The van der Waals surface area contributed by atoms with Gasteiger partial charge in [0.05, 0.1) is 11.9 Å². The molecule has 0 radical (unpaired) electrons. The van der Waals surface area contributed by atoms with E-state index in [0.717, 1.165) is 5.69 Å². The van der Waals surface area contributed by atoms with Crippen LogP contribution in [0.1, 0.15) is 12.5 Å². The molecule has 1 aromatic heterocycles. The maximum atomic E-state index is 12.5. The van der Waals surface area contributed by atoms with Crippen molar-refractivity contribution in [2.24, 2.45) is 0 Å². The topological polar surface area (TPSA) is 79.9 Å². The number of para-hydroxylation sites is 1. The molecule has 1 unspecified atom stereocenters. The monoisotopic (exact) mass is 366 g/mol. The second-order valence-electron chi connectivity index (χ2n) is 5.47.